The fourth-order valence-electron chi connectivity index (χ4n) is 2.15. The van der Waals surface area contributed by atoms with Crippen LogP contribution in [0.3, 0.4) is 0 Å². The van der Waals surface area contributed by atoms with Crippen molar-refractivity contribution in [3.63, 3.8) is 0 Å². The van der Waals surface area contributed by atoms with Crippen molar-refractivity contribution in [2.24, 2.45) is 11.7 Å². The number of aryl methyl sites for hydroxylation is 1. The number of tetrazole rings is 1. The molecule has 0 aliphatic carbocycles. The molecule has 2 rings (SSSR count). The Morgan fingerprint density at radius 3 is 2.90 bits per heavy atom. The second-order valence-electron chi connectivity index (χ2n) is 4.97. The fraction of sp³-hybridized carbons (Fsp3) is 0.429. The molecule has 0 saturated carbocycles. The summed E-state index contributed by atoms with van der Waals surface area (Å²) in [4.78, 5) is 12.2. The summed E-state index contributed by atoms with van der Waals surface area (Å²) in [5.41, 5.74) is 8.22. The molecule has 0 radical (unpaired) electrons. The topological polar surface area (TPSA) is 98.7 Å². The molecule has 112 valence electrons. The highest BCUT2D eigenvalue weighted by molar-refractivity contribution is 5.93. The van der Waals surface area contributed by atoms with Gasteiger partial charge in [-0.1, -0.05) is 19.4 Å². The van der Waals surface area contributed by atoms with E-state index in [1.807, 2.05) is 32.0 Å². The molecule has 3 N–H and O–H groups in total. The number of amides is 1. The van der Waals surface area contributed by atoms with Crippen molar-refractivity contribution in [3.05, 3.63) is 30.1 Å². The first-order valence-electron chi connectivity index (χ1n) is 7.00. The summed E-state index contributed by atoms with van der Waals surface area (Å²) in [6, 6.07) is 5.63. The van der Waals surface area contributed by atoms with E-state index in [2.05, 4.69) is 20.8 Å². The maximum Gasteiger partial charge on any atom is 0.228 e. The van der Waals surface area contributed by atoms with Crippen molar-refractivity contribution in [1.82, 2.24) is 20.2 Å². The second-order valence-corrected chi connectivity index (χ2v) is 4.97. The summed E-state index contributed by atoms with van der Waals surface area (Å²) in [6.45, 7) is 4.35. The molecule has 1 aromatic heterocycles. The molecule has 1 heterocycles. The van der Waals surface area contributed by atoms with E-state index in [9.17, 15) is 4.79 Å². The van der Waals surface area contributed by atoms with Gasteiger partial charge < -0.3 is 11.1 Å². The lowest BCUT2D eigenvalue weighted by Gasteiger charge is -2.15. The zero-order valence-electron chi connectivity index (χ0n) is 12.3. The predicted octanol–water partition coefficient (Wildman–Crippen LogP) is 1.28. The summed E-state index contributed by atoms with van der Waals surface area (Å²) in [7, 11) is 0. The SMILES string of the molecule is CCCC(CN)C(=O)Nc1ccc(C)c(-n2cnnn2)c1. The van der Waals surface area contributed by atoms with Crippen LogP contribution in [0.1, 0.15) is 25.3 Å². The molecule has 21 heavy (non-hydrogen) atoms. The van der Waals surface area contributed by atoms with Crippen LogP contribution in [0.4, 0.5) is 5.69 Å². The highest BCUT2D eigenvalue weighted by atomic mass is 16.1. The molecule has 7 heteroatoms. The van der Waals surface area contributed by atoms with Gasteiger partial charge in [-0.3, -0.25) is 4.79 Å². The van der Waals surface area contributed by atoms with Crippen LogP contribution >= 0.6 is 0 Å². The van der Waals surface area contributed by atoms with Crippen LogP contribution in [-0.2, 0) is 4.79 Å². The van der Waals surface area contributed by atoms with E-state index in [4.69, 9.17) is 5.73 Å². The third-order valence-electron chi connectivity index (χ3n) is 3.36. The predicted molar refractivity (Wildman–Crippen MR) is 80.0 cm³/mol. The van der Waals surface area contributed by atoms with Crippen LogP contribution in [0.5, 0.6) is 0 Å². The Hall–Kier alpha value is -2.28. The number of hydrogen-bond acceptors (Lipinski definition) is 5. The molecular formula is C14H20N6O. The van der Waals surface area contributed by atoms with E-state index < -0.39 is 0 Å². The van der Waals surface area contributed by atoms with Crippen molar-refractivity contribution >= 4 is 11.6 Å². The maximum absolute atomic E-state index is 12.2. The van der Waals surface area contributed by atoms with Gasteiger partial charge in [-0.15, -0.1) is 5.10 Å². The van der Waals surface area contributed by atoms with Gasteiger partial charge in [-0.2, -0.15) is 0 Å². The van der Waals surface area contributed by atoms with Crippen LogP contribution < -0.4 is 11.1 Å². The first-order chi connectivity index (χ1) is 10.2. The molecule has 1 aromatic carbocycles. The first-order valence-corrected chi connectivity index (χ1v) is 7.00. The lowest BCUT2D eigenvalue weighted by Crippen LogP contribution is -2.29. The minimum Gasteiger partial charge on any atom is -0.330 e. The van der Waals surface area contributed by atoms with Gasteiger partial charge >= 0.3 is 0 Å². The summed E-state index contributed by atoms with van der Waals surface area (Å²) < 4.78 is 1.57. The van der Waals surface area contributed by atoms with E-state index in [1.165, 1.54) is 6.33 Å². The van der Waals surface area contributed by atoms with Gasteiger partial charge in [0.1, 0.15) is 6.33 Å². The Morgan fingerprint density at radius 1 is 1.48 bits per heavy atom. The number of rotatable bonds is 6. The van der Waals surface area contributed by atoms with Crippen LogP contribution in [-0.4, -0.2) is 32.7 Å². The molecule has 0 spiro atoms. The maximum atomic E-state index is 12.2. The third kappa shape index (κ3) is 3.63. The molecule has 0 bridgehead atoms. The van der Waals surface area contributed by atoms with Gasteiger partial charge in [0.15, 0.2) is 0 Å². The number of carbonyl (C=O) groups is 1. The minimum absolute atomic E-state index is 0.0501. The van der Waals surface area contributed by atoms with Gasteiger partial charge in [0, 0.05) is 12.2 Å². The average Bonchev–Trinajstić information content (AvgIpc) is 3.00. The molecule has 2 aromatic rings. The summed E-state index contributed by atoms with van der Waals surface area (Å²) >= 11 is 0. The number of aromatic nitrogens is 4. The molecule has 0 fully saturated rings. The Bertz CT molecular complexity index is 596. The van der Waals surface area contributed by atoms with Crippen LogP contribution in [0, 0.1) is 12.8 Å². The van der Waals surface area contributed by atoms with Gasteiger partial charge in [0.05, 0.1) is 11.6 Å². The van der Waals surface area contributed by atoms with Crippen LogP contribution in [0.2, 0.25) is 0 Å². The molecule has 1 atom stereocenters. The lowest BCUT2D eigenvalue weighted by atomic mass is 10.0. The summed E-state index contributed by atoms with van der Waals surface area (Å²) in [5.74, 6) is -0.210. The highest BCUT2D eigenvalue weighted by Gasteiger charge is 2.16. The molecule has 0 aliphatic rings. The standard InChI is InChI=1S/C14H20N6O/c1-3-4-11(8-15)14(21)17-12-6-5-10(2)13(7-12)20-9-16-18-19-20/h5-7,9,11H,3-4,8,15H2,1-2H3,(H,17,21). The van der Waals surface area contributed by atoms with E-state index in [-0.39, 0.29) is 11.8 Å². The Labute approximate surface area is 123 Å². The van der Waals surface area contributed by atoms with Gasteiger partial charge in [-0.25, -0.2) is 4.68 Å². The Morgan fingerprint density at radius 2 is 2.29 bits per heavy atom. The van der Waals surface area contributed by atoms with E-state index in [1.54, 1.807) is 4.68 Å². The first kappa shape index (κ1) is 15.1. The van der Waals surface area contributed by atoms with Gasteiger partial charge in [0.25, 0.3) is 0 Å². The smallest absolute Gasteiger partial charge is 0.228 e. The van der Waals surface area contributed by atoms with Crippen molar-refractivity contribution in [3.8, 4) is 5.69 Å². The number of benzene rings is 1. The molecule has 0 aliphatic heterocycles. The second kappa shape index (κ2) is 6.94. The average molecular weight is 288 g/mol. The monoisotopic (exact) mass is 288 g/mol. The number of carbonyl (C=O) groups excluding carboxylic acids is 1. The molecule has 0 saturated heterocycles. The van der Waals surface area contributed by atoms with Crippen molar-refractivity contribution in [2.45, 2.75) is 26.7 Å². The quantitative estimate of drug-likeness (QED) is 0.834. The zero-order valence-corrected chi connectivity index (χ0v) is 12.3. The minimum atomic E-state index is -0.159. The molecule has 1 unspecified atom stereocenters. The van der Waals surface area contributed by atoms with E-state index in [0.29, 0.717) is 12.2 Å². The Balaban J connectivity index is 2.18. The highest BCUT2D eigenvalue weighted by Crippen LogP contribution is 2.19. The molecular weight excluding hydrogens is 268 g/mol. The molecule has 7 nitrogen and oxygen atoms in total. The van der Waals surface area contributed by atoms with E-state index >= 15 is 0 Å². The van der Waals surface area contributed by atoms with Crippen molar-refractivity contribution in [1.29, 1.82) is 0 Å². The normalized spacial score (nSPS) is 12.1. The van der Waals surface area contributed by atoms with Crippen LogP contribution in [0.25, 0.3) is 5.69 Å². The number of nitrogens with one attached hydrogen (secondary N) is 1. The number of nitrogens with two attached hydrogens (primary N) is 1. The van der Waals surface area contributed by atoms with E-state index in [0.717, 1.165) is 24.1 Å². The number of nitrogens with zero attached hydrogens (tertiary/aromatic N) is 4. The summed E-state index contributed by atoms with van der Waals surface area (Å²) in [6.07, 6.45) is 3.24. The number of hydrogen-bond donors (Lipinski definition) is 2. The largest absolute Gasteiger partial charge is 0.330 e. The zero-order chi connectivity index (χ0) is 15.2. The van der Waals surface area contributed by atoms with Crippen molar-refractivity contribution < 1.29 is 4.79 Å². The summed E-state index contributed by atoms with van der Waals surface area (Å²) in [5, 5.41) is 14.0. The fourth-order valence-corrected chi connectivity index (χ4v) is 2.15. The van der Waals surface area contributed by atoms with Crippen molar-refractivity contribution in [2.75, 3.05) is 11.9 Å². The Kier molecular flexibility index (Phi) is 4.99. The van der Waals surface area contributed by atoms with Gasteiger partial charge in [-0.05, 0) is 41.5 Å². The van der Waals surface area contributed by atoms with Crippen LogP contribution in [0.15, 0.2) is 24.5 Å². The van der Waals surface area contributed by atoms with Gasteiger partial charge in [0.2, 0.25) is 5.91 Å². The third-order valence-corrected chi connectivity index (χ3v) is 3.36. The lowest BCUT2D eigenvalue weighted by molar-refractivity contribution is -0.119. The molecule has 1 amide bonds. The number of anilines is 1.